The molecule has 0 aromatic rings. The van der Waals surface area contributed by atoms with E-state index in [0.717, 1.165) is 25.2 Å². The molecule has 1 aliphatic rings. The summed E-state index contributed by atoms with van der Waals surface area (Å²) in [4.78, 5) is 2.52. The summed E-state index contributed by atoms with van der Waals surface area (Å²) in [5, 5.41) is 0. The van der Waals surface area contributed by atoms with Crippen LogP contribution in [0.4, 0.5) is 0 Å². The Hall–Kier alpha value is -0.0800. The fraction of sp³-hybridized carbons (Fsp3) is 1.00. The highest BCUT2D eigenvalue weighted by molar-refractivity contribution is 4.71. The second-order valence-electron chi connectivity index (χ2n) is 4.86. The summed E-state index contributed by atoms with van der Waals surface area (Å²) in [6, 6.07) is 0.774. The van der Waals surface area contributed by atoms with E-state index in [1.165, 1.54) is 32.2 Å². The van der Waals surface area contributed by atoms with Crippen molar-refractivity contribution in [2.75, 3.05) is 26.8 Å². The van der Waals surface area contributed by atoms with E-state index in [0.29, 0.717) is 0 Å². The summed E-state index contributed by atoms with van der Waals surface area (Å²) in [7, 11) is 2.26. The molecule has 0 atom stereocenters. The molecule has 0 unspecified atom stereocenters. The summed E-state index contributed by atoms with van der Waals surface area (Å²) >= 11 is 0. The van der Waals surface area contributed by atoms with Crippen molar-refractivity contribution >= 4 is 0 Å². The monoisotopic (exact) mass is 199 g/mol. The Morgan fingerprint density at radius 2 is 1.93 bits per heavy atom. The number of nitrogens with zero attached hydrogens (tertiary/aromatic N) is 1. The fourth-order valence-electron chi connectivity index (χ4n) is 2.06. The number of rotatable bonds is 5. The molecule has 1 aliphatic heterocycles. The van der Waals surface area contributed by atoms with Crippen LogP contribution >= 0.6 is 0 Å². The van der Waals surface area contributed by atoms with Gasteiger partial charge in [-0.2, -0.15) is 0 Å². The number of hydrogen-bond donors (Lipinski definition) is 0. The van der Waals surface area contributed by atoms with Gasteiger partial charge in [-0.05, 0) is 45.2 Å². The maximum atomic E-state index is 5.37. The first-order valence-electron chi connectivity index (χ1n) is 5.98. The van der Waals surface area contributed by atoms with E-state index in [2.05, 4.69) is 25.8 Å². The molecular formula is C12H25NO. The van der Waals surface area contributed by atoms with Crippen LogP contribution in [-0.2, 0) is 4.74 Å². The molecule has 0 radical (unpaired) electrons. The van der Waals surface area contributed by atoms with Crippen LogP contribution in [0.1, 0.15) is 39.5 Å². The molecule has 1 fully saturated rings. The average molecular weight is 199 g/mol. The third-order valence-electron chi connectivity index (χ3n) is 3.11. The Kier molecular flexibility index (Phi) is 5.49. The summed E-state index contributed by atoms with van der Waals surface area (Å²) in [5.74, 6) is 0.845. The molecule has 0 saturated carbocycles. The van der Waals surface area contributed by atoms with Gasteiger partial charge in [0.15, 0.2) is 0 Å². The quantitative estimate of drug-likeness (QED) is 0.674. The first-order chi connectivity index (χ1) is 6.70. The van der Waals surface area contributed by atoms with Crippen molar-refractivity contribution in [3.05, 3.63) is 0 Å². The van der Waals surface area contributed by atoms with Gasteiger partial charge in [-0.3, -0.25) is 0 Å². The largest absolute Gasteiger partial charge is 0.381 e. The third kappa shape index (κ3) is 4.43. The minimum Gasteiger partial charge on any atom is -0.381 e. The van der Waals surface area contributed by atoms with Crippen LogP contribution in [0.25, 0.3) is 0 Å². The molecule has 0 amide bonds. The molecule has 2 heteroatoms. The van der Waals surface area contributed by atoms with Crippen molar-refractivity contribution in [1.29, 1.82) is 0 Å². The van der Waals surface area contributed by atoms with Crippen LogP contribution in [0.2, 0.25) is 0 Å². The zero-order chi connectivity index (χ0) is 10.4. The molecule has 1 saturated heterocycles. The van der Waals surface area contributed by atoms with Crippen LogP contribution in [-0.4, -0.2) is 37.7 Å². The van der Waals surface area contributed by atoms with E-state index in [1.807, 2.05) is 0 Å². The fourth-order valence-corrected chi connectivity index (χ4v) is 2.06. The lowest BCUT2D eigenvalue weighted by Gasteiger charge is -2.31. The molecule has 14 heavy (non-hydrogen) atoms. The van der Waals surface area contributed by atoms with Gasteiger partial charge < -0.3 is 9.64 Å². The van der Waals surface area contributed by atoms with Crippen LogP contribution in [0.15, 0.2) is 0 Å². The molecule has 0 N–H and O–H groups in total. The van der Waals surface area contributed by atoms with Crippen molar-refractivity contribution in [1.82, 2.24) is 4.90 Å². The SMILES string of the molecule is CC(C)CCCN(C)C1CCOCC1. The van der Waals surface area contributed by atoms with Crippen molar-refractivity contribution < 1.29 is 4.74 Å². The molecular weight excluding hydrogens is 174 g/mol. The summed E-state index contributed by atoms with van der Waals surface area (Å²) < 4.78 is 5.37. The van der Waals surface area contributed by atoms with Crippen LogP contribution < -0.4 is 0 Å². The highest BCUT2D eigenvalue weighted by Gasteiger charge is 2.17. The zero-order valence-electron chi connectivity index (χ0n) is 9.96. The van der Waals surface area contributed by atoms with Gasteiger partial charge in [0, 0.05) is 19.3 Å². The van der Waals surface area contributed by atoms with Gasteiger partial charge in [0.1, 0.15) is 0 Å². The molecule has 2 nitrogen and oxygen atoms in total. The molecule has 1 rings (SSSR count). The lowest BCUT2D eigenvalue weighted by Crippen LogP contribution is -2.37. The van der Waals surface area contributed by atoms with Crippen LogP contribution in [0.3, 0.4) is 0 Å². The predicted octanol–water partition coefficient (Wildman–Crippen LogP) is 2.53. The highest BCUT2D eigenvalue weighted by Crippen LogP contribution is 2.14. The number of ether oxygens (including phenoxy) is 1. The van der Waals surface area contributed by atoms with E-state index in [1.54, 1.807) is 0 Å². The summed E-state index contributed by atoms with van der Waals surface area (Å²) in [6.45, 7) is 7.77. The molecule has 1 heterocycles. The zero-order valence-corrected chi connectivity index (χ0v) is 9.96. The molecule has 0 aromatic carbocycles. The minimum absolute atomic E-state index is 0.774. The maximum Gasteiger partial charge on any atom is 0.0480 e. The van der Waals surface area contributed by atoms with Gasteiger partial charge in [0.05, 0.1) is 0 Å². The van der Waals surface area contributed by atoms with Gasteiger partial charge in [-0.1, -0.05) is 13.8 Å². The second kappa shape index (κ2) is 6.41. The normalized spacial score (nSPS) is 19.5. The van der Waals surface area contributed by atoms with Crippen LogP contribution in [0, 0.1) is 5.92 Å². The Balaban J connectivity index is 2.10. The average Bonchev–Trinajstić information content (AvgIpc) is 2.18. The van der Waals surface area contributed by atoms with Gasteiger partial charge in [0.25, 0.3) is 0 Å². The molecule has 0 aliphatic carbocycles. The van der Waals surface area contributed by atoms with Crippen molar-refractivity contribution in [2.45, 2.75) is 45.6 Å². The standard InChI is InChI=1S/C12H25NO/c1-11(2)5-4-8-13(3)12-6-9-14-10-7-12/h11-12H,4-10H2,1-3H3. The van der Waals surface area contributed by atoms with E-state index in [4.69, 9.17) is 4.74 Å². The lowest BCUT2D eigenvalue weighted by molar-refractivity contribution is 0.0424. The Labute approximate surface area is 88.6 Å². The van der Waals surface area contributed by atoms with Gasteiger partial charge in [0.2, 0.25) is 0 Å². The summed E-state index contributed by atoms with van der Waals surface area (Å²) in [5.41, 5.74) is 0. The Morgan fingerprint density at radius 3 is 2.50 bits per heavy atom. The summed E-state index contributed by atoms with van der Waals surface area (Å²) in [6.07, 6.45) is 5.13. The van der Waals surface area contributed by atoms with E-state index in [-0.39, 0.29) is 0 Å². The first-order valence-corrected chi connectivity index (χ1v) is 5.98. The highest BCUT2D eigenvalue weighted by atomic mass is 16.5. The topological polar surface area (TPSA) is 12.5 Å². The van der Waals surface area contributed by atoms with E-state index in [9.17, 15) is 0 Å². The van der Waals surface area contributed by atoms with Crippen molar-refractivity contribution in [3.8, 4) is 0 Å². The van der Waals surface area contributed by atoms with Crippen LogP contribution in [0.5, 0.6) is 0 Å². The number of hydrogen-bond acceptors (Lipinski definition) is 2. The Bertz CT molecular complexity index is 141. The molecule has 0 spiro atoms. The van der Waals surface area contributed by atoms with Crippen molar-refractivity contribution in [3.63, 3.8) is 0 Å². The molecule has 84 valence electrons. The predicted molar refractivity (Wildman–Crippen MR) is 60.5 cm³/mol. The minimum atomic E-state index is 0.774. The van der Waals surface area contributed by atoms with Gasteiger partial charge in [-0.25, -0.2) is 0 Å². The smallest absolute Gasteiger partial charge is 0.0480 e. The lowest BCUT2D eigenvalue weighted by atomic mass is 10.1. The second-order valence-corrected chi connectivity index (χ2v) is 4.86. The molecule has 0 bridgehead atoms. The maximum absolute atomic E-state index is 5.37. The van der Waals surface area contributed by atoms with Gasteiger partial charge >= 0.3 is 0 Å². The molecule has 0 aromatic heterocycles. The van der Waals surface area contributed by atoms with E-state index >= 15 is 0 Å². The van der Waals surface area contributed by atoms with Gasteiger partial charge in [-0.15, -0.1) is 0 Å². The first kappa shape index (κ1) is 12.0. The third-order valence-corrected chi connectivity index (χ3v) is 3.11. The van der Waals surface area contributed by atoms with Crippen molar-refractivity contribution in [2.24, 2.45) is 5.92 Å². The Morgan fingerprint density at radius 1 is 1.29 bits per heavy atom. The van der Waals surface area contributed by atoms with E-state index < -0.39 is 0 Å².